The summed E-state index contributed by atoms with van der Waals surface area (Å²) in [6.07, 6.45) is 1.38. The van der Waals surface area contributed by atoms with E-state index in [1.807, 2.05) is 19.0 Å². The molecule has 1 rings (SSSR count). The number of carbonyl (C=O) groups excluding carboxylic acids is 2. The van der Waals surface area contributed by atoms with Crippen molar-refractivity contribution in [2.45, 2.75) is 0 Å². The van der Waals surface area contributed by atoms with E-state index in [-0.39, 0.29) is 6.03 Å². The van der Waals surface area contributed by atoms with Crippen LogP contribution >= 0.6 is 0 Å². The number of anilines is 1. The van der Waals surface area contributed by atoms with Crippen LogP contribution in [0.5, 0.6) is 0 Å². The molecular formula is C13H21N5O2. The predicted octanol–water partition coefficient (Wildman–Crippen LogP) is 0.230. The molecule has 0 aliphatic rings. The van der Waals surface area contributed by atoms with Crippen molar-refractivity contribution in [3.05, 3.63) is 23.9 Å². The Morgan fingerprint density at radius 1 is 1.15 bits per heavy atom. The van der Waals surface area contributed by atoms with Crippen LogP contribution in [0.15, 0.2) is 18.3 Å². The van der Waals surface area contributed by atoms with Crippen LogP contribution in [0.2, 0.25) is 0 Å². The number of nitrogens with two attached hydrogens (primary N) is 1. The lowest BCUT2D eigenvalue weighted by atomic mass is 10.2. The minimum absolute atomic E-state index is 0.161. The Kier molecular flexibility index (Phi) is 5.45. The summed E-state index contributed by atoms with van der Waals surface area (Å²) in [6.45, 7) is 1.21. The lowest BCUT2D eigenvalue weighted by Gasteiger charge is -2.26. The summed E-state index contributed by atoms with van der Waals surface area (Å²) in [6, 6.07) is 3.03. The van der Waals surface area contributed by atoms with Crippen molar-refractivity contribution in [1.29, 1.82) is 0 Å². The van der Waals surface area contributed by atoms with E-state index in [9.17, 15) is 9.59 Å². The molecule has 2 N–H and O–H groups in total. The summed E-state index contributed by atoms with van der Waals surface area (Å²) < 4.78 is 0. The van der Waals surface area contributed by atoms with E-state index < -0.39 is 5.91 Å². The van der Waals surface area contributed by atoms with Gasteiger partial charge in [0.1, 0.15) is 5.82 Å². The first kappa shape index (κ1) is 15.9. The van der Waals surface area contributed by atoms with Crippen molar-refractivity contribution >= 4 is 17.8 Å². The molecule has 0 unspecified atom stereocenters. The largest absolute Gasteiger partial charge is 0.366 e. The second kappa shape index (κ2) is 6.85. The van der Waals surface area contributed by atoms with Crippen LogP contribution in [-0.2, 0) is 0 Å². The fraction of sp³-hybridized carbons (Fsp3) is 0.462. The Balaban J connectivity index is 2.97. The van der Waals surface area contributed by atoms with Gasteiger partial charge in [0.05, 0.1) is 5.56 Å². The van der Waals surface area contributed by atoms with Gasteiger partial charge in [-0.15, -0.1) is 0 Å². The Bertz CT molecular complexity index is 470. The van der Waals surface area contributed by atoms with Crippen LogP contribution in [0, 0.1) is 0 Å². The number of pyridine rings is 1. The van der Waals surface area contributed by atoms with Crippen molar-refractivity contribution < 1.29 is 9.59 Å². The molecule has 0 saturated heterocycles. The third kappa shape index (κ3) is 4.20. The predicted molar refractivity (Wildman–Crippen MR) is 77.7 cm³/mol. The first-order valence-electron chi connectivity index (χ1n) is 6.22. The molecule has 1 aromatic rings. The average molecular weight is 279 g/mol. The SMILES string of the molecule is CN(C)CCN(C(=O)N(C)C)c1ccc(C(N)=O)cn1. The third-order valence-electron chi connectivity index (χ3n) is 2.69. The monoisotopic (exact) mass is 279 g/mol. The van der Waals surface area contributed by atoms with Gasteiger partial charge in [0.2, 0.25) is 5.91 Å². The summed E-state index contributed by atoms with van der Waals surface area (Å²) in [5, 5.41) is 0. The van der Waals surface area contributed by atoms with E-state index >= 15 is 0 Å². The number of rotatable bonds is 5. The Morgan fingerprint density at radius 3 is 2.20 bits per heavy atom. The van der Waals surface area contributed by atoms with Gasteiger partial charge >= 0.3 is 6.03 Å². The number of amides is 3. The van der Waals surface area contributed by atoms with Crippen LogP contribution < -0.4 is 10.6 Å². The molecular weight excluding hydrogens is 258 g/mol. The number of primary amides is 1. The quantitative estimate of drug-likeness (QED) is 0.836. The van der Waals surface area contributed by atoms with E-state index in [0.29, 0.717) is 24.5 Å². The van der Waals surface area contributed by atoms with Crippen LogP contribution in [0.4, 0.5) is 10.6 Å². The molecule has 3 amide bonds. The molecule has 0 aliphatic heterocycles. The van der Waals surface area contributed by atoms with Crippen molar-refractivity contribution in [3.8, 4) is 0 Å². The van der Waals surface area contributed by atoms with E-state index in [1.165, 1.54) is 11.1 Å². The first-order chi connectivity index (χ1) is 9.32. The highest BCUT2D eigenvalue weighted by atomic mass is 16.2. The molecule has 0 aromatic carbocycles. The molecule has 0 radical (unpaired) electrons. The van der Waals surface area contributed by atoms with Gasteiger partial charge in [-0.05, 0) is 26.2 Å². The molecule has 1 heterocycles. The van der Waals surface area contributed by atoms with Gasteiger partial charge in [0, 0.05) is 33.4 Å². The number of aromatic nitrogens is 1. The van der Waals surface area contributed by atoms with Gasteiger partial charge in [-0.1, -0.05) is 0 Å². The molecule has 7 heteroatoms. The second-order valence-corrected chi connectivity index (χ2v) is 4.90. The zero-order valence-electron chi connectivity index (χ0n) is 12.3. The molecule has 7 nitrogen and oxygen atoms in total. The zero-order valence-corrected chi connectivity index (χ0v) is 12.3. The third-order valence-corrected chi connectivity index (χ3v) is 2.69. The number of carbonyl (C=O) groups is 2. The van der Waals surface area contributed by atoms with Gasteiger partial charge < -0.3 is 15.5 Å². The lowest BCUT2D eigenvalue weighted by molar-refractivity contribution is 0.1000. The minimum Gasteiger partial charge on any atom is -0.366 e. The van der Waals surface area contributed by atoms with Crippen molar-refractivity contribution in [2.24, 2.45) is 5.73 Å². The minimum atomic E-state index is -0.539. The summed E-state index contributed by atoms with van der Waals surface area (Å²) in [4.78, 5) is 32.4. The van der Waals surface area contributed by atoms with Crippen molar-refractivity contribution in [2.75, 3.05) is 46.2 Å². The van der Waals surface area contributed by atoms with E-state index in [4.69, 9.17) is 5.73 Å². The number of nitrogens with zero attached hydrogens (tertiary/aromatic N) is 4. The molecule has 0 atom stereocenters. The smallest absolute Gasteiger partial charge is 0.325 e. The molecule has 20 heavy (non-hydrogen) atoms. The molecule has 0 fully saturated rings. The van der Waals surface area contributed by atoms with Crippen LogP contribution in [0.25, 0.3) is 0 Å². The lowest BCUT2D eigenvalue weighted by Crippen LogP contribution is -2.43. The van der Waals surface area contributed by atoms with E-state index in [2.05, 4.69) is 4.98 Å². The molecule has 110 valence electrons. The van der Waals surface area contributed by atoms with Crippen molar-refractivity contribution in [3.63, 3.8) is 0 Å². The fourth-order valence-electron chi connectivity index (χ4n) is 1.54. The molecule has 0 spiro atoms. The maximum atomic E-state index is 12.2. The van der Waals surface area contributed by atoms with Crippen LogP contribution in [-0.4, -0.2) is 68.0 Å². The van der Waals surface area contributed by atoms with Gasteiger partial charge in [-0.3, -0.25) is 9.69 Å². The standard InChI is InChI=1S/C13H21N5O2/c1-16(2)7-8-18(13(20)17(3)4)11-6-5-10(9-15-11)12(14)19/h5-6,9H,7-8H2,1-4H3,(H2,14,19). The normalized spacial score (nSPS) is 10.4. The maximum Gasteiger partial charge on any atom is 0.325 e. The second-order valence-electron chi connectivity index (χ2n) is 4.90. The maximum absolute atomic E-state index is 12.2. The summed E-state index contributed by atoms with van der Waals surface area (Å²) >= 11 is 0. The van der Waals surface area contributed by atoms with Gasteiger partial charge in [-0.25, -0.2) is 9.78 Å². The van der Waals surface area contributed by atoms with Crippen LogP contribution in [0.3, 0.4) is 0 Å². The number of hydrogen-bond acceptors (Lipinski definition) is 4. The highest BCUT2D eigenvalue weighted by molar-refractivity contribution is 5.94. The number of hydrogen-bond donors (Lipinski definition) is 1. The molecule has 0 saturated carbocycles. The Labute approximate surface area is 119 Å². The van der Waals surface area contributed by atoms with Crippen molar-refractivity contribution in [1.82, 2.24) is 14.8 Å². The average Bonchev–Trinajstić information content (AvgIpc) is 2.38. The topological polar surface area (TPSA) is 82.8 Å². The fourth-order valence-corrected chi connectivity index (χ4v) is 1.54. The Hall–Kier alpha value is -2.15. The van der Waals surface area contributed by atoms with E-state index in [0.717, 1.165) is 0 Å². The number of urea groups is 1. The van der Waals surface area contributed by atoms with Gasteiger partial charge in [-0.2, -0.15) is 0 Å². The molecule has 0 aliphatic carbocycles. The summed E-state index contributed by atoms with van der Waals surface area (Å²) in [7, 11) is 7.23. The van der Waals surface area contributed by atoms with Gasteiger partial charge in [0.25, 0.3) is 0 Å². The summed E-state index contributed by atoms with van der Waals surface area (Å²) in [5.74, 6) is -0.0432. The molecule has 0 bridgehead atoms. The molecule has 1 aromatic heterocycles. The van der Waals surface area contributed by atoms with E-state index in [1.54, 1.807) is 31.1 Å². The zero-order chi connectivity index (χ0) is 15.3. The first-order valence-corrected chi connectivity index (χ1v) is 6.22. The highest BCUT2D eigenvalue weighted by Crippen LogP contribution is 2.13. The summed E-state index contributed by atoms with van der Waals surface area (Å²) in [5.41, 5.74) is 5.49. The highest BCUT2D eigenvalue weighted by Gasteiger charge is 2.19. The number of likely N-dealkylation sites (N-methyl/N-ethyl adjacent to an activating group) is 1. The Morgan fingerprint density at radius 2 is 1.80 bits per heavy atom. The van der Waals surface area contributed by atoms with Gasteiger partial charge in [0.15, 0.2) is 0 Å². The van der Waals surface area contributed by atoms with Crippen LogP contribution in [0.1, 0.15) is 10.4 Å².